The smallest absolute Gasteiger partial charge is 0.251 e. The predicted octanol–water partition coefficient (Wildman–Crippen LogP) is 2.54. The molecule has 0 aromatic carbocycles. The molecular formula is C16H19BrN2O3. The summed E-state index contributed by atoms with van der Waals surface area (Å²) in [7, 11) is 3.42. The minimum absolute atomic E-state index is 0.00405. The van der Waals surface area contributed by atoms with E-state index in [0.717, 1.165) is 10.0 Å². The Labute approximate surface area is 137 Å². The van der Waals surface area contributed by atoms with E-state index >= 15 is 0 Å². The van der Waals surface area contributed by atoms with Crippen molar-refractivity contribution in [3.05, 3.63) is 74.0 Å². The summed E-state index contributed by atoms with van der Waals surface area (Å²) in [6, 6.07) is 6.67. The van der Waals surface area contributed by atoms with Gasteiger partial charge in [-0.1, -0.05) is 22.5 Å². The number of aromatic nitrogens is 2. The van der Waals surface area contributed by atoms with Gasteiger partial charge in [-0.25, -0.2) is 0 Å². The monoisotopic (exact) mass is 366 g/mol. The van der Waals surface area contributed by atoms with Gasteiger partial charge >= 0.3 is 0 Å². The van der Waals surface area contributed by atoms with E-state index in [4.69, 9.17) is 4.74 Å². The zero-order chi connectivity index (χ0) is 16.7. The minimum Gasteiger partial charge on any atom is -0.494 e. The first-order valence-electron chi connectivity index (χ1n) is 6.66. The largest absolute Gasteiger partial charge is 0.494 e. The fourth-order valence-electron chi connectivity index (χ4n) is 1.50. The van der Waals surface area contributed by atoms with E-state index in [1.165, 1.54) is 21.3 Å². The van der Waals surface area contributed by atoms with Crippen molar-refractivity contribution < 1.29 is 4.74 Å². The molecule has 2 aromatic heterocycles. The van der Waals surface area contributed by atoms with Crippen molar-refractivity contribution in [3.8, 4) is 0 Å². The number of halogens is 1. The Kier molecular flexibility index (Phi) is 6.85. The lowest BCUT2D eigenvalue weighted by Crippen LogP contribution is -2.15. The summed E-state index contributed by atoms with van der Waals surface area (Å²) in [5.74, 6) is 0.542. The molecule has 2 aromatic rings. The highest BCUT2D eigenvalue weighted by Crippen LogP contribution is 2.10. The van der Waals surface area contributed by atoms with Crippen molar-refractivity contribution in [1.82, 2.24) is 9.13 Å². The highest BCUT2D eigenvalue weighted by molar-refractivity contribution is 9.10. The molecule has 0 bridgehead atoms. The van der Waals surface area contributed by atoms with Crippen LogP contribution in [0.15, 0.2) is 57.3 Å². The van der Waals surface area contributed by atoms with Gasteiger partial charge in [0.25, 0.3) is 11.1 Å². The molecule has 0 atom stereocenters. The van der Waals surface area contributed by atoms with Crippen molar-refractivity contribution >= 4 is 21.7 Å². The van der Waals surface area contributed by atoms with Crippen LogP contribution >= 0.6 is 15.9 Å². The summed E-state index contributed by atoms with van der Waals surface area (Å²) >= 11 is 3.18. The van der Waals surface area contributed by atoms with Gasteiger partial charge in [-0.2, -0.15) is 0 Å². The van der Waals surface area contributed by atoms with Crippen molar-refractivity contribution in [2.24, 2.45) is 14.1 Å². The van der Waals surface area contributed by atoms with Crippen molar-refractivity contribution in [3.63, 3.8) is 0 Å². The summed E-state index contributed by atoms with van der Waals surface area (Å²) in [5.41, 5.74) is 0.688. The van der Waals surface area contributed by atoms with Crippen molar-refractivity contribution in [2.75, 3.05) is 6.61 Å². The molecular weight excluding hydrogens is 348 g/mol. The van der Waals surface area contributed by atoms with Crippen LogP contribution in [0, 0.1) is 0 Å². The second-order valence-electron chi connectivity index (χ2n) is 4.51. The van der Waals surface area contributed by atoms with Crippen LogP contribution < -0.4 is 11.1 Å². The zero-order valence-electron chi connectivity index (χ0n) is 12.9. The molecule has 0 radical (unpaired) electrons. The number of rotatable bonds is 3. The summed E-state index contributed by atoms with van der Waals surface area (Å²) in [6.45, 7) is 6.16. The molecule has 0 amide bonds. The molecule has 0 fully saturated rings. The second kappa shape index (κ2) is 8.38. The van der Waals surface area contributed by atoms with Crippen LogP contribution in [-0.4, -0.2) is 15.7 Å². The van der Waals surface area contributed by atoms with Gasteiger partial charge in [0.2, 0.25) is 0 Å². The van der Waals surface area contributed by atoms with E-state index in [1.807, 2.05) is 13.0 Å². The van der Waals surface area contributed by atoms with E-state index in [1.54, 1.807) is 32.6 Å². The lowest BCUT2D eigenvalue weighted by molar-refractivity contribution is 0.299. The molecule has 0 aliphatic rings. The Morgan fingerprint density at radius 3 is 2.14 bits per heavy atom. The maximum atomic E-state index is 11.2. The first-order valence-corrected chi connectivity index (χ1v) is 7.45. The molecule has 118 valence electrons. The van der Waals surface area contributed by atoms with Gasteiger partial charge < -0.3 is 13.9 Å². The SMILES string of the molecule is C=C(OCC)c1ccn(C)c(=O)c1.Cn1ccc(Br)cc1=O. The van der Waals surface area contributed by atoms with Crippen molar-refractivity contribution in [1.29, 1.82) is 0 Å². The molecule has 6 heteroatoms. The molecule has 22 heavy (non-hydrogen) atoms. The Morgan fingerprint density at radius 2 is 1.68 bits per heavy atom. The van der Waals surface area contributed by atoms with Gasteiger partial charge in [-0.3, -0.25) is 9.59 Å². The molecule has 0 aliphatic heterocycles. The summed E-state index contributed by atoms with van der Waals surface area (Å²) < 4.78 is 9.03. The van der Waals surface area contributed by atoms with Gasteiger partial charge in [0, 0.05) is 48.7 Å². The van der Waals surface area contributed by atoms with Gasteiger partial charge in [-0.05, 0) is 19.1 Å². The van der Waals surface area contributed by atoms with Gasteiger partial charge in [0.15, 0.2) is 0 Å². The zero-order valence-corrected chi connectivity index (χ0v) is 14.5. The fraction of sp³-hybridized carbons (Fsp3) is 0.250. The minimum atomic E-state index is -0.0571. The number of aryl methyl sites for hydroxylation is 2. The number of nitrogens with zero attached hydrogens (tertiary/aromatic N) is 2. The predicted molar refractivity (Wildman–Crippen MR) is 91.7 cm³/mol. The maximum absolute atomic E-state index is 11.2. The van der Waals surface area contributed by atoms with Gasteiger partial charge in [0.1, 0.15) is 5.76 Å². The third kappa shape index (κ3) is 5.37. The highest BCUT2D eigenvalue weighted by Gasteiger charge is 2.00. The lowest BCUT2D eigenvalue weighted by Gasteiger charge is -2.06. The Hall–Kier alpha value is -2.08. The highest BCUT2D eigenvalue weighted by atomic mass is 79.9. The molecule has 5 nitrogen and oxygen atoms in total. The maximum Gasteiger partial charge on any atom is 0.251 e. The molecule has 2 heterocycles. The summed E-state index contributed by atoms with van der Waals surface area (Å²) in [5, 5.41) is 0. The van der Waals surface area contributed by atoms with E-state index < -0.39 is 0 Å². The van der Waals surface area contributed by atoms with Crippen LogP contribution in [0.2, 0.25) is 0 Å². The Bertz CT molecular complexity index is 762. The van der Waals surface area contributed by atoms with Crippen LogP contribution in [0.4, 0.5) is 0 Å². The molecule has 0 aliphatic carbocycles. The van der Waals surface area contributed by atoms with E-state index in [2.05, 4.69) is 22.5 Å². The van der Waals surface area contributed by atoms with E-state index in [9.17, 15) is 9.59 Å². The second-order valence-corrected chi connectivity index (χ2v) is 5.43. The van der Waals surface area contributed by atoms with E-state index in [0.29, 0.717) is 12.4 Å². The normalized spacial score (nSPS) is 9.64. The first kappa shape index (κ1) is 18.0. The van der Waals surface area contributed by atoms with Crippen molar-refractivity contribution in [2.45, 2.75) is 6.92 Å². The molecule has 0 spiro atoms. The average Bonchev–Trinajstić information content (AvgIpc) is 2.47. The molecule has 0 saturated carbocycles. The first-order chi connectivity index (χ1) is 10.3. The molecule has 0 unspecified atom stereocenters. The molecule has 2 rings (SSSR count). The average molecular weight is 367 g/mol. The van der Waals surface area contributed by atoms with E-state index in [-0.39, 0.29) is 11.1 Å². The molecule has 0 saturated heterocycles. The Balaban J connectivity index is 0.000000235. The van der Waals surface area contributed by atoms with Gasteiger partial charge in [-0.15, -0.1) is 0 Å². The lowest BCUT2D eigenvalue weighted by atomic mass is 10.2. The third-order valence-corrected chi connectivity index (χ3v) is 3.30. The van der Waals surface area contributed by atoms with Crippen LogP contribution in [0.25, 0.3) is 5.76 Å². The number of pyridine rings is 2. The molecule has 0 N–H and O–H groups in total. The summed E-state index contributed by atoms with van der Waals surface area (Å²) in [6.07, 6.45) is 3.41. The number of hydrogen-bond acceptors (Lipinski definition) is 3. The van der Waals surface area contributed by atoms with Gasteiger partial charge in [0.05, 0.1) is 6.61 Å². The number of hydrogen-bond donors (Lipinski definition) is 0. The summed E-state index contributed by atoms with van der Waals surface area (Å²) in [4.78, 5) is 22.0. The topological polar surface area (TPSA) is 53.2 Å². The number of ether oxygens (including phenoxy) is 1. The van der Waals surface area contributed by atoms with Crippen LogP contribution in [0.3, 0.4) is 0 Å². The van der Waals surface area contributed by atoms with Crippen LogP contribution in [-0.2, 0) is 18.8 Å². The fourth-order valence-corrected chi connectivity index (χ4v) is 1.82. The quantitative estimate of drug-likeness (QED) is 0.784. The van der Waals surface area contributed by atoms with Crippen LogP contribution in [0.1, 0.15) is 12.5 Å². The Morgan fingerprint density at radius 1 is 1.14 bits per heavy atom. The van der Waals surface area contributed by atoms with Crippen LogP contribution in [0.5, 0.6) is 0 Å². The third-order valence-electron chi connectivity index (χ3n) is 2.81. The standard InChI is InChI=1S/C10H13NO2.C6H6BrNO/c1-4-13-8(2)9-5-6-11(3)10(12)7-9;1-8-3-2-5(7)4-6(8)9/h5-7H,2,4H2,1,3H3;2-4H,1H3.